The van der Waals surface area contributed by atoms with E-state index < -0.39 is 0 Å². The highest BCUT2D eigenvalue weighted by molar-refractivity contribution is 6.04. The lowest BCUT2D eigenvalue weighted by atomic mass is 10.2. The van der Waals surface area contributed by atoms with E-state index >= 15 is 0 Å². The molecule has 0 saturated heterocycles. The molecule has 1 fully saturated rings. The number of pyridine rings is 1. The van der Waals surface area contributed by atoms with Gasteiger partial charge in [0.05, 0.1) is 5.69 Å². The first-order chi connectivity index (χ1) is 12.7. The maximum atomic E-state index is 13.3. The number of hydrogen-bond acceptors (Lipinski definition) is 3. The van der Waals surface area contributed by atoms with Gasteiger partial charge in [-0.2, -0.15) is 5.10 Å². The summed E-state index contributed by atoms with van der Waals surface area (Å²) in [5, 5.41) is 4.60. The maximum absolute atomic E-state index is 13.3. The average molecular weight is 346 g/mol. The number of anilines is 1. The predicted molar refractivity (Wildman–Crippen MR) is 102 cm³/mol. The molecule has 0 spiro atoms. The average Bonchev–Trinajstić information content (AvgIpc) is 3.33. The molecule has 26 heavy (non-hydrogen) atoms. The smallest absolute Gasteiger partial charge is 0.280 e. The molecular weight excluding hydrogens is 324 g/mol. The van der Waals surface area contributed by atoms with Crippen LogP contribution in [0.4, 0.5) is 5.82 Å². The van der Waals surface area contributed by atoms with Gasteiger partial charge in [0.2, 0.25) is 0 Å². The van der Waals surface area contributed by atoms with Gasteiger partial charge in [-0.25, -0.2) is 9.67 Å². The molecule has 1 aromatic carbocycles. The van der Waals surface area contributed by atoms with E-state index in [0.717, 1.165) is 37.1 Å². The van der Waals surface area contributed by atoms with Gasteiger partial charge in [0.25, 0.3) is 5.91 Å². The summed E-state index contributed by atoms with van der Waals surface area (Å²) in [4.78, 5) is 19.6. The van der Waals surface area contributed by atoms with E-state index in [0.29, 0.717) is 11.5 Å². The highest BCUT2D eigenvalue weighted by atomic mass is 16.2. The summed E-state index contributed by atoms with van der Waals surface area (Å²) >= 11 is 0. The molecule has 1 saturated carbocycles. The van der Waals surface area contributed by atoms with Crippen molar-refractivity contribution in [3.05, 3.63) is 72.2 Å². The number of para-hydroxylation sites is 1. The summed E-state index contributed by atoms with van der Waals surface area (Å²) in [6.45, 7) is 1.97. The van der Waals surface area contributed by atoms with Crippen LogP contribution in [0.15, 0.2) is 60.8 Å². The van der Waals surface area contributed by atoms with Crippen molar-refractivity contribution in [2.75, 3.05) is 4.90 Å². The minimum atomic E-state index is -0.0756. The van der Waals surface area contributed by atoms with E-state index in [4.69, 9.17) is 0 Å². The third-order valence-electron chi connectivity index (χ3n) is 4.91. The number of carbonyl (C=O) groups excluding carboxylic acids is 1. The molecule has 3 aromatic rings. The highest BCUT2D eigenvalue weighted by Crippen LogP contribution is 2.28. The van der Waals surface area contributed by atoms with E-state index in [1.807, 2.05) is 71.1 Å². The number of aromatic nitrogens is 3. The summed E-state index contributed by atoms with van der Waals surface area (Å²) in [5.41, 5.74) is 2.35. The third kappa shape index (κ3) is 3.12. The summed E-state index contributed by atoms with van der Waals surface area (Å²) in [6.07, 6.45) is 6.07. The number of benzene rings is 1. The quantitative estimate of drug-likeness (QED) is 0.712. The Morgan fingerprint density at radius 3 is 2.50 bits per heavy atom. The molecular formula is C21H22N4O. The van der Waals surface area contributed by atoms with E-state index in [2.05, 4.69) is 10.1 Å². The predicted octanol–water partition coefficient (Wildman–Crippen LogP) is 4.17. The standard InChI is InChI=1S/C21H22N4O/c1-16-15-19(23-25(16)18-11-3-2-4-12-18)21(26)24(17-9-5-6-10-17)20-13-7-8-14-22-20/h2-4,7-8,11-15,17H,5-6,9-10H2,1H3. The Balaban J connectivity index is 1.70. The largest absolute Gasteiger partial charge is 0.288 e. The van der Waals surface area contributed by atoms with E-state index in [9.17, 15) is 4.79 Å². The molecule has 1 aliphatic carbocycles. The minimum Gasteiger partial charge on any atom is -0.288 e. The second kappa shape index (κ2) is 7.12. The van der Waals surface area contributed by atoms with Gasteiger partial charge in [0.15, 0.2) is 5.69 Å². The van der Waals surface area contributed by atoms with Crippen LogP contribution in [0.1, 0.15) is 41.9 Å². The van der Waals surface area contributed by atoms with Crippen molar-refractivity contribution in [2.45, 2.75) is 38.6 Å². The molecule has 2 heterocycles. The van der Waals surface area contributed by atoms with Gasteiger partial charge < -0.3 is 0 Å². The first-order valence-electron chi connectivity index (χ1n) is 9.11. The Labute approximate surface area is 153 Å². The van der Waals surface area contributed by atoms with Gasteiger partial charge >= 0.3 is 0 Å². The number of aryl methyl sites for hydroxylation is 1. The lowest BCUT2D eigenvalue weighted by Gasteiger charge is -2.27. The number of nitrogens with zero attached hydrogens (tertiary/aromatic N) is 4. The van der Waals surface area contributed by atoms with Gasteiger partial charge in [-0.15, -0.1) is 0 Å². The van der Waals surface area contributed by atoms with Gasteiger partial charge in [0.1, 0.15) is 5.82 Å². The molecule has 0 bridgehead atoms. The summed E-state index contributed by atoms with van der Waals surface area (Å²) in [7, 11) is 0. The third-order valence-corrected chi connectivity index (χ3v) is 4.91. The number of hydrogen-bond donors (Lipinski definition) is 0. The number of rotatable bonds is 4. The second-order valence-corrected chi connectivity index (χ2v) is 6.72. The van der Waals surface area contributed by atoms with Crippen LogP contribution < -0.4 is 4.90 Å². The lowest BCUT2D eigenvalue weighted by molar-refractivity contribution is 0.0971. The Hall–Kier alpha value is -2.95. The van der Waals surface area contributed by atoms with Gasteiger partial charge in [-0.1, -0.05) is 37.1 Å². The van der Waals surface area contributed by atoms with E-state index in [-0.39, 0.29) is 11.9 Å². The first-order valence-corrected chi connectivity index (χ1v) is 9.11. The van der Waals surface area contributed by atoms with Crippen LogP contribution in [-0.4, -0.2) is 26.7 Å². The molecule has 5 nitrogen and oxygen atoms in total. The second-order valence-electron chi connectivity index (χ2n) is 6.72. The van der Waals surface area contributed by atoms with Crippen molar-refractivity contribution in [3.63, 3.8) is 0 Å². The van der Waals surface area contributed by atoms with Crippen LogP contribution in [0.3, 0.4) is 0 Å². The van der Waals surface area contributed by atoms with E-state index in [1.165, 1.54) is 0 Å². The monoisotopic (exact) mass is 346 g/mol. The summed E-state index contributed by atoms with van der Waals surface area (Å²) in [6, 6.07) is 17.6. The van der Waals surface area contributed by atoms with Crippen LogP contribution >= 0.6 is 0 Å². The Bertz CT molecular complexity index is 883. The summed E-state index contributed by atoms with van der Waals surface area (Å²) in [5.74, 6) is 0.629. The molecule has 2 aromatic heterocycles. The van der Waals surface area contributed by atoms with Crippen molar-refractivity contribution >= 4 is 11.7 Å². The van der Waals surface area contributed by atoms with Crippen LogP contribution in [0.2, 0.25) is 0 Å². The zero-order valence-electron chi connectivity index (χ0n) is 14.9. The van der Waals surface area contributed by atoms with Crippen LogP contribution in [0, 0.1) is 6.92 Å². The zero-order valence-corrected chi connectivity index (χ0v) is 14.9. The van der Waals surface area contributed by atoms with Crippen molar-refractivity contribution in [3.8, 4) is 5.69 Å². The van der Waals surface area contributed by atoms with Crippen LogP contribution in [0.25, 0.3) is 5.69 Å². The van der Waals surface area contributed by atoms with Gasteiger partial charge in [-0.05, 0) is 50.1 Å². The SMILES string of the molecule is Cc1cc(C(=O)N(c2ccccn2)C2CCCC2)nn1-c1ccccc1. The first kappa shape index (κ1) is 16.5. The molecule has 1 amide bonds. The normalized spacial score (nSPS) is 14.5. The molecule has 0 aliphatic heterocycles. The Morgan fingerprint density at radius 2 is 1.81 bits per heavy atom. The number of amides is 1. The van der Waals surface area contributed by atoms with Gasteiger partial charge in [-0.3, -0.25) is 9.69 Å². The lowest BCUT2D eigenvalue weighted by Crippen LogP contribution is -2.39. The Kier molecular flexibility index (Phi) is 4.52. The molecule has 0 N–H and O–H groups in total. The molecule has 132 valence electrons. The molecule has 4 rings (SSSR count). The highest BCUT2D eigenvalue weighted by Gasteiger charge is 2.31. The molecule has 5 heteroatoms. The topological polar surface area (TPSA) is 51.0 Å². The van der Waals surface area contributed by atoms with Crippen molar-refractivity contribution in [1.82, 2.24) is 14.8 Å². The van der Waals surface area contributed by atoms with Crippen molar-refractivity contribution < 1.29 is 4.79 Å². The summed E-state index contributed by atoms with van der Waals surface area (Å²) < 4.78 is 1.82. The van der Waals surface area contributed by atoms with Crippen LogP contribution in [-0.2, 0) is 0 Å². The van der Waals surface area contributed by atoms with Crippen LogP contribution in [0.5, 0.6) is 0 Å². The molecule has 0 atom stereocenters. The molecule has 1 aliphatic rings. The maximum Gasteiger partial charge on any atom is 0.280 e. The zero-order chi connectivity index (χ0) is 17.9. The minimum absolute atomic E-state index is 0.0756. The van der Waals surface area contributed by atoms with Crippen molar-refractivity contribution in [2.24, 2.45) is 0 Å². The fraction of sp³-hybridized carbons (Fsp3) is 0.286. The Morgan fingerprint density at radius 1 is 1.08 bits per heavy atom. The number of carbonyl (C=O) groups is 1. The van der Waals surface area contributed by atoms with E-state index in [1.54, 1.807) is 6.20 Å². The fourth-order valence-corrected chi connectivity index (χ4v) is 3.65. The molecule has 0 radical (unpaired) electrons. The van der Waals surface area contributed by atoms with Gasteiger partial charge in [0, 0.05) is 17.9 Å². The van der Waals surface area contributed by atoms with Crippen molar-refractivity contribution in [1.29, 1.82) is 0 Å². The fourth-order valence-electron chi connectivity index (χ4n) is 3.65. The molecule has 0 unspecified atom stereocenters.